The summed E-state index contributed by atoms with van der Waals surface area (Å²) in [5.74, 6) is 1.23. The number of hydrogen-bond donors (Lipinski definition) is 1. The highest BCUT2D eigenvalue weighted by Gasteiger charge is 2.29. The fraction of sp³-hybridized carbons (Fsp3) is 0.485. The van der Waals surface area contributed by atoms with Crippen molar-refractivity contribution in [3.05, 3.63) is 71.5 Å². The molecule has 0 bridgehead atoms. The highest BCUT2D eigenvalue weighted by atomic mass is 16.2. The second-order valence-corrected chi connectivity index (χ2v) is 12.1. The Morgan fingerprint density at radius 3 is 2.42 bits per heavy atom. The number of anilines is 1. The van der Waals surface area contributed by atoms with Crippen LogP contribution < -0.4 is 5.32 Å². The zero-order valence-corrected chi connectivity index (χ0v) is 24.4. The SMILES string of the molecule is Cc1ccc(C(=O)N2CCC(c3ccc(-c4cnn(C)c4)cc3)CC2)cc1NC(=O)C1CCN(CCC(C)C)C1. The molecule has 0 radical (unpaired) electrons. The summed E-state index contributed by atoms with van der Waals surface area (Å²) in [7, 11) is 1.93. The molecule has 2 amide bonds. The van der Waals surface area contributed by atoms with Crippen molar-refractivity contribution < 1.29 is 9.59 Å². The predicted molar refractivity (Wildman–Crippen MR) is 160 cm³/mol. The number of likely N-dealkylation sites (tertiary alicyclic amines) is 2. The second kappa shape index (κ2) is 12.4. The third-order valence-electron chi connectivity index (χ3n) is 8.61. The molecule has 7 heteroatoms. The number of piperidine rings is 1. The first-order chi connectivity index (χ1) is 19.3. The Bertz CT molecular complexity index is 1320. The molecule has 1 unspecified atom stereocenters. The summed E-state index contributed by atoms with van der Waals surface area (Å²) in [5.41, 5.74) is 5.99. The molecule has 2 aromatic carbocycles. The lowest BCUT2D eigenvalue weighted by Gasteiger charge is -2.32. The van der Waals surface area contributed by atoms with Gasteiger partial charge in [0.05, 0.1) is 12.1 Å². The van der Waals surface area contributed by atoms with Gasteiger partial charge in [-0.05, 0) is 86.4 Å². The van der Waals surface area contributed by atoms with Gasteiger partial charge in [-0.1, -0.05) is 44.2 Å². The molecule has 2 fully saturated rings. The van der Waals surface area contributed by atoms with Crippen LogP contribution in [0.2, 0.25) is 0 Å². The van der Waals surface area contributed by atoms with E-state index in [4.69, 9.17) is 0 Å². The number of rotatable bonds is 8. The van der Waals surface area contributed by atoms with Crippen LogP contribution in [0.25, 0.3) is 11.1 Å². The summed E-state index contributed by atoms with van der Waals surface area (Å²) in [4.78, 5) is 30.8. The number of carbonyl (C=O) groups excluding carboxylic acids is 2. The predicted octanol–water partition coefficient (Wildman–Crippen LogP) is 5.72. The van der Waals surface area contributed by atoms with Gasteiger partial charge in [0.1, 0.15) is 0 Å². The van der Waals surface area contributed by atoms with Crippen molar-refractivity contribution in [2.75, 3.05) is 38.0 Å². The van der Waals surface area contributed by atoms with Crippen molar-refractivity contribution in [2.45, 2.75) is 52.4 Å². The van der Waals surface area contributed by atoms with E-state index in [2.05, 4.69) is 53.4 Å². The minimum Gasteiger partial charge on any atom is -0.339 e. The van der Waals surface area contributed by atoms with Crippen molar-refractivity contribution in [3.63, 3.8) is 0 Å². The van der Waals surface area contributed by atoms with Crippen molar-refractivity contribution in [1.29, 1.82) is 0 Å². The molecule has 5 rings (SSSR count). The average Bonchev–Trinajstić information content (AvgIpc) is 3.62. The van der Waals surface area contributed by atoms with E-state index in [1.165, 1.54) is 11.1 Å². The van der Waals surface area contributed by atoms with Gasteiger partial charge in [0.2, 0.25) is 5.91 Å². The molecule has 0 spiro atoms. The van der Waals surface area contributed by atoms with E-state index in [0.717, 1.165) is 75.2 Å². The summed E-state index contributed by atoms with van der Waals surface area (Å²) in [6.07, 6.45) is 7.86. The number of hydrogen-bond acceptors (Lipinski definition) is 4. The van der Waals surface area contributed by atoms with Crippen molar-refractivity contribution in [2.24, 2.45) is 18.9 Å². The van der Waals surface area contributed by atoms with Crippen molar-refractivity contribution in [3.8, 4) is 11.1 Å². The summed E-state index contributed by atoms with van der Waals surface area (Å²) in [5, 5.41) is 7.41. The Balaban J connectivity index is 1.15. The normalized spacial score (nSPS) is 18.4. The number of benzene rings is 2. The van der Waals surface area contributed by atoms with E-state index < -0.39 is 0 Å². The number of carbonyl (C=O) groups is 2. The zero-order chi connectivity index (χ0) is 28.2. The zero-order valence-electron chi connectivity index (χ0n) is 24.4. The Hall–Kier alpha value is -3.45. The maximum atomic E-state index is 13.4. The van der Waals surface area contributed by atoms with Crippen molar-refractivity contribution in [1.82, 2.24) is 19.6 Å². The monoisotopic (exact) mass is 541 g/mol. The van der Waals surface area contributed by atoms with E-state index in [9.17, 15) is 9.59 Å². The lowest BCUT2D eigenvalue weighted by atomic mass is 9.88. The first kappa shape index (κ1) is 28.1. The molecule has 7 nitrogen and oxygen atoms in total. The maximum absolute atomic E-state index is 13.4. The number of amides is 2. The van der Waals surface area contributed by atoms with Gasteiger partial charge in [-0.15, -0.1) is 0 Å². The van der Waals surface area contributed by atoms with E-state index in [1.807, 2.05) is 54.1 Å². The first-order valence-electron chi connectivity index (χ1n) is 14.8. The highest BCUT2D eigenvalue weighted by molar-refractivity contribution is 5.98. The Labute approximate surface area is 238 Å². The van der Waals surface area contributed by atoms with Crippen LogP contribution in [-0.2, 0) is 11.8 Å². The molecule has 1 N–H and O–H groups in total. The maximum Gasteiger partial charge on any atom is 0.253 e. The van der Waals surface area contributed by atoms with Crippen LogP contribution in [0, 0.1) is 18.8 Å². The minimum absolute atomic E-state index is 0.00312. The molecule has 0 saturated carbocycles. The summed E-state index contributed by atoms with van der Waals surface area (Å²) in [6.45, 7) is 10.8. The summed E-state index contributed by atoms with van der Waals surface area (Å²) in [6, 6.07) is 14.5. The fourth-order valence-electron chi connectivity index (χ4n) is 5.93. The van der Waals surface area contributed by atoms with Gasteiger partial charge in [-0.2, -0.15) is 5.10 Å². The summed E-state index contributed by atoms with van der Waals surface area (Å²) >= 11 is 0. The molecule has 3 heterocycles. The van der Waals surface area contributed by atoms with Crippen LogP contribution in [-0.4, -0.2) is 64.1 Å². The first-order valence-corrected chi connectivity index (χ1v) is 14.8. The molecular weight excluding hydrogens is 498 g/mol. The Kier molecular flexibility index (Phi) is 8.69. The lowest BCUT2D eigenvalue weighted by Crippen LogP contribution is -2.38. The third-order valence-corrected chi connectivity index (χ3v) is 8.61. The molecule has 2 saturated heterocycles. The quantitative estimate of drug-likeness (QED) is 0.396. The van der Waals surface area contributed by atoms with E-state index >= 15 is 0 Å². The molecule has 40 heavy (non-hydrogen) atoms. The minimum atomic E-state index is 0.00312. The van der Waals surface area contributed by atoms with Gasteiger partial charge >= 0.3 is 0 Å². The van der Waals surface area contributed by atoms with Crippen molar-refractivity contribution >= 4 is 17.5 Å². The molecule has 0 aliphatic carbocycles. The molecule has 2 aliphatic heterocycles. The molecule has 1 aromatic heterocycles. The van der Waals surface area contributed by atoms with Crippen LogP contribution in [0.4, 0.5) is 5.69 Å². The van der Waals surface area contributed by atoms with Gasteiger partial charge in [0, 0.05) is 49.7 Å². The number of nitrogens with one attached hydrogen (secondary N) is 1. The smallest absolute Gasteiger partial charge is 0.253 e. The standard InChI is InChI=1S/C33H43N5O2/c1-23(2)11-15-37-16-12-29(22-37)32(39)35-31-19-28(6-5-24(31)3)33(40)38-17-13-27(14-18-38)25-7-9-26(10-8-25)30-20-34-36(4)21-30/h5-10,19-21,23,27,29H,11-18,22H2,1-4H3,(H,35,39). The number of nitrogens with zero attached hydrogens (tertiary/aromatic N) is 4. The molecule has 212 valence electrons. The van der Waals surface area contributed by atoms with Gasteiger partial charge in [-0.25, -0.2) is 0 Å². The lowest BCUT2D eigenvalue weighted by molar-refractivity contribution is -0.119. The largest absolute Gasteiger partial charge is 0.339 e. The second-order valence-electron chi connectivity index (χ2n) is 12.1. The van der Waals surface area contributed by atoms with Gasteiger partial charge in [0.25, 0.3) is 5.91 Å². The van der Waals surface area contributed by atoms with Crippen LogP contribution in [0.1, 0.15) is 66.9 Å². The molecule has 3 aromatic rings. The van der Waals surface area contributed by atoms with Crippen LogP contribution >= 0.6 is 0 Å². The summed E-state index contributed by atoms with van der Waals surface area (Å²) < 4.78 is 1.82. The molecule has 1 atom stereocenters. The molecule has 2 aliphatic rings. The Morgan fingerprint density at radius 1 is 1.00 bits per heavy atom. The van der Waals surface area contributed by atoms with Crippen LogP contribution in [0.5, 0.6) is 0 Å². The van der Waals surface area contributed by atoms with E-state index in [1.54, 1.807) is 0 Å². The highest BCUT2D eigenvalue weighted by Crippen LogP contribution is 2.31. The van der Waals surface area contributed by atoms with Gasteiger partial charge in [0.15, 0.2) is 0 Å². The Morgan fingerprint density at radius 2 is 1.75 bits per heavy atom. The van der Waals surface area contributed by atoms with Gasteiger partial charge in [-0.3, -0.25) is 14.3 Å². The van der Waals surface area contributed by atoms with Gasteiger partial charge < -0.3 is 15.1 Å². The average molecular weight is 542 g/mol. The fourth-order valence-corrected chi connectivity index (χ4v) is 5.93. The van der Waals surface area contributed by atoms with E-state index in [0.29, 0.717) is 17.4 Å². The number of aryl methyl sites for hydroxylation is 2. The van der Waals surface area contributed by atoms with Crippen LogP contribution in [0.15, 0.2) is 54.9 Å². The third kappa shape index (κ3) is 6.64. The van der Waals surface area contributed by atoms with Crippen LogP contribution in [0.3, 0.4) is 0 Å². The number of aromatic nitrogens is 2. The topological polar surface area (TPSA) is 70.5 Å². The van der Waals surface area contributed by atoms with E-state index in [-0.39, 0.29) is 17.7 Å². The molecular formula is C33H43N5O2.